The van der Waals surface area contributed by atoms with Gasteiger partial charge in [0, 0.05) is 24.7 Å². The Morgan fingerprint density at radius 2 is 1.87 bits per heavy atom. The smallest absolute Gasteiger partial charge is 0.135 e. The maximum atomic E-state index is 4.58. The fraction of sp³-hybridized carbons (Fsp3) is 0.667. The van der Waals surface area contributed by atoms with Gasteiger partial charge in [0.25, 0.3) is 0 Å². The van der Waals surface area contributed by atoms with Crippen molar-refractivity contribution in [3.63, 3.8) is 0 Å². The van der Waals surface area contributed by atoms with Gasteiger partial charge in [0.15, 0.2) is 0 Å². The Morgan fingerprint density at radius 3 is 2.33 bits per heavy atom. The van der Waals surface area contributed by atoms with Gasteiger partial charge in [-0.15, -0.1) is 0 Å². The SMILES string of the molecule is CC(C)N(C)c1ccnc(C(C)(C)C)n1. The van der Waals surface area contributed by atoms with Crippen LogP contribution in [0, 0.1) is 0 Å². The standard InChI is InChI=1S/C12H21N3/c1-9(2)15(6)10-7-8-13-11(14-10)12(3,4)5/h7-9H,1-6H3. The molecule has 0 aliphatic rings. The van der Waals surface area contributed by atoms with Crippen LogP contribution in [-0.2, 0) is 5.41 Å². The molecular weight excluding hydrogens is 186 g/mol. The highest BCUT2D eigenvalue weighted by molar-refractivity contribution is 5.37. The Labute approximate surface area is 92.6 Å². The lowest BCUT2D eigenvalue weighted by Gasteiger charge is -2.24. The molecule has 0 amide bonds. The van der Waals surface area contributed by atoms with Gasteiger partial charge in [-0.25, -0.2) is 9.97 Å². The van der Waals surface area contributed by atoms with Crippen molar-refractivity contribution in [2.24, 2.45) is 0 Å². The summed E-state index contributed by atoms with van der Waals surface area (Å²) in [6, 6.07) is 2.41. The van der Waals surface area contributed by atoms with Crippen LogP contribution in [0.3, 0.4) is 0 Å². The molecular formula is C12H21N3. The predicted molar refractivity (Wildman–Crippen MR) is 64.3 cm³/mol. The van der Waals surface area contributed by atoms with Crippen LogP contribution in [0.4, 0.5) is 5.82 Å². The van der Waals surface area contributed by atoms with E-state index < -0.39 is 0 Å². The number of nitrogens with zero attached hydrogens (tertiary/aromatic N) is 3. The van der Waals surface area contributed by atoms with Gasteiger partial charge < -0.3 is 4.90 Å². The normalized spacial score (nSPS) is 11.9. The van der Waals surface area contributed by atoms with Crippen molar-refractivity contribution < 1.29 is 0 Å². The van der Waals surface area contributed by atoms with Crippen LogP contribution in [0.5, 0.6) is 0 Å². The minimum Gasteiger partial charge on any atom is -0.357 e. The molecule has 0 aliphatic carbocycles. The summed E-state index contributed by atoms with van der Waals surface area (Å²) >= 11 is 0. The number of hydrogen-bond acceptors (Lipinski definition) is 3. The van der Waals surface area contributed by atoms with Gasteiger partial charge in [-0.2, -0.15) is 0 Å². The van der Waals surface area contributed by atoms with E-state index in [1.54, 1.807) is 0 Å². The van der Waals surface area contributed by atoms with Gasteiger partial charge in [0.05, 0.1) is 0 Å². The average molecular weight is 207 g/mol. The van der Waals surface area contributed by atoms with Crippen LogP contribution in [-0.4, -0.2) is 23.1 Å². The fourth-order valence-corrected chi connectivity index (χ4v) is 1.17. The molecule has 0 bridgehead atoms. The van der Waals surface area contributed by atoms with Gasteiger partial charge in [-0.1, -0.05) is 20.8 Å². The van der Waals surface area contributed by atoms with Crippen LogP contribution in [0.2, 0.25) is 0 Å². The van der Waals surface area contributed by atoms with Crippen LogP contribution < -0.4 is 4.90 Å². The zero-order valence-electron chi connectivity index (χ0n) is 10.6. The number of rotatable bonds is 2. The molecule has 0 unspecified atom stereocenters. The first-order valence-electron chi connectivity index (χ1n) is 5.38. The number of anilines is 1. The lowest BCUT2D eigenvalue weighted by atomic mass is 9.96. The van der Waals surface area contributed by atoms with Crippen LogP contribution >= 0.6 is 0 Å². The van der Waals surface area contributed by atoms with Crippen molar-refractivity contribution in [2.75, 3.05) is 11.9 Å². The molecule has 0 radical (unpaired) electrons. The molecule has 0 aromatic carbocycles. The van der Waals surface area contributed by atoms with Gasteiger partial charge in [-0.05, 0) is 19.9 Å². The maximum absolute atomic E-state index is 4.58. The van der Waals surface area contributed by atoms with E-state index in [9.17, 15) is 0 Å². The summed E-state index contributed by atoms with van der Waals surface area (Å²) in [6.07, 6.45) is 1.84. The molecule has 1 rings (SSSR count). The van der Waals surface area contributed by atoms with E-state index >= 15 is 0 Å². The third-order valence-corrected chi connectivity index (χ3v) is 2.45. The number of aromatic nitrogens is 2. The highest BCUT2D eigenvalue weighted by Gasteiger charge is 2.18. The first-order valence-corrected chi connectivity index (χ1v) is 5.38. The molecule has 0 N–H and O–H groups in total. The molecule has 0 aliphatic heterocycles. The second kappa shape index (κ2) is 4.17. The molecule has 0 saturated heterocycles. The summed E-state index contributed by atoms with van der Waals surface area (Å²) in [5.41, 5.74) is 0.00777. The topological polar surface area (TPSA) is 29.0 Å². The molecule has 1 aromatic rings. The van der Waals surface area contributed by atoms with Gasteiger partial charge >= 0.3 is 0 Å². The molecule has 0 fully saturated rings. The maximum Gasteiger partial charge on any atom is 0.135 e. The van der Waals surface area contributed by atoms with Crippen molar-refractivity contribution >= 4 is 5.82 Å². The molecule has 0 spiro atoms. The average Bonchev–Trinajstić information content (AvgIpc) is 2.15. The number of hydrogen-bond donors (Lipinski definition) is 0. The van der Waals surface area contributed by atoms with E-state index in [0.29, 0.717) is 6.04 Å². The van der Waals surface area contributed by atoms with Crippen molar-refractivity contribution in [3.05, 3.63) is 18.1 Å². The second-order valence-corrected chi connectivity index (χ2v) is 5.19. The largest absolute Gasteiger partial charge is 0.357 e. The zero-order chi connectivity index (χ0) is 11.6. The van der Waals surface area contributed by atoms with E-state index in [2.05, 4.69) is 56.5 Å². The summed E-state index contributed by atoms with van der Waals surface area (Å²) in [7, 11) is 2.06. The lowest BCUT2D eigenvalue weighted by Crippen LogP contribution is -2.28. The highest BCUT2D eigenvalue weighted by atomic mass is 15.2. The minimum absolute atomic E-state index is 0.00777. The molecule has 0 atom stereocenters. The van der Waals surface area contributed by atoms with E-state index in [1.165, 1.54) is 0 Å². The van der Waals surface area contributed by atoms with Crippen LogP contribution in [0.15, 0.2) is 12.3 Å². The Hall–Kier alpha value is -1.12. The zero-order valence-corrected chi connectivity index (χ0v) is 10.6. The van der Waals surface area contributed by atoms with Gasteiger partial charge in [0.1, 0.15) is 11.6 Å². The summed E-state index contributed by atoms with van der Waals surface area (Å²) < 4.78 is 0. The van der Waals surface area contributed by atoms with Crippen LogP contribution in [0.25, 0.3) is 0 Å². The summed E-state index contributed by atoms with van der Waals surface area (Å²) in [4.78, 5) is 11.0. The van der Waals surface area contributed by atoms with Crippen molar-refractivity contribution in [1.29, 1.82) is 0 Å². The summed E-state index contributed by atoms with van der Waals surface area (Å²) in [6.45, 7) is 10.7. The van der Waals surface area contributed by atoms with Gasteiger partial charge in [-0.3, -0.25) is 0 Å². The fourth-order valence-electron chi connectivity index (χ4n) is 1.17. The Bertz CT molecular complexity index is 326. The molecule has 1 aromatic heterocycles. The van der Waals surface area contributed by atoms with E-state index in [1.807, 2.05) is 12.3 Å². The summed E-state index contributed by atoms with van der Waals surface area (Å²) in [5.74, 6) is 1.89. The van der Waals surface area contributed by atoms with Crippen molar-refractivity contribution in [2.45, 2.75) is 46.1 Å². The van der Waals surface area contributed by atoms with E-state index in [4.69, 9.17) is 0 Å². The van der Waals surface area contributed by atoms with Crippen molar-refractivity contribution in [3.8, 4) is 0 Å². The Kier molecular flexibility index (Phi) is 3.32. The molecule has 1 heterocycles. The highest BCUT2D eigenvalue weighted by Crippen LogP contribution is 2.20. The molecule has 3 heteroatoms. The predicted octanol–water partition coefficient (Wildman–Crippen LogP) is 2.62. The monoisotopic (exact) mass is 207 g/mol. The molecule has 0 saturated carbocycles. The second-order valence-electron chi connectivity index (χ2n) is 5.19. The van der Waals surface area contributed by atoms with Gasteiger partial charge in [0.2, 0.25) is 0 Å². The Morgan fingerprint density at radius 1 is 1.27 bits per heavy atom. The van der Waals surface area contributed by atoms with E-state index in [0.717, 1.165) is 11.6 Å². The third-order valence-electron chi connectivity index (χ3n) is 2.45. The van der Waals surface area contributed by atoms with E-state index in [-0.39, 0.29) is 5.41 Å². The van der Waals surface area contributed by atoms with Crippen LogP contribution in [0.1, 0.15) is 40.4 Å². The Balaban J connectivity index is 3.03. The lowest BCUT2D eigenvalue weighted by molar-refractivity contribution is 0.543. The molecule has 15 heavy (non-hydrogen) atoms. The molecule has 3 nitrogen and oxygen atoms in total. The third kappa shape index (κ3) is 2.91. The quantitative estimate of drug-likeness (QED) is 0.746. The van der Waals surface area contributed by atoms with Crippen molar-refractivity contribution in [1.82, 2.24) is 9.97 Å². The molecule has 84 valence electrons. The minimum atomic E-state index is 0.00777. The summed E-state index contributed by atoms with van der Waals surface area (Å²) in [5, 5.41) is 0. The first kappa shape index (κ1) is 12.0. The first-order chi connectivity index (χ1) is 6.82.